The summed E-state index contributed by atoms with van der Waals surface area (Å²) < 4.78 is 10.9. The number of ketones is 1. The third kappa shape index (κ3) is 4.59. The maximum absolute atomic E-state index is 13.3. The number of methoxy groups -OCH3 is 2. The number of amides is 1. The highest BCUT2D eigenvalue weighted by Gasteiger charge is 2.47. The zero-order valence-corrected chi connectivity index (χ0v) is 19.9. The first-order valence-electron chi connectivity index (χ1n) is 11.2. The van der Waals surface area contributed by atoms with Gasteiger partial charge in [0.05, 0.1) is 25.8 Å². The third-order valence-electron chi connectivity index (χ3n) is 6.24. The summed E-state index contributed by atoms with van der Waals surface area (Å²) in [6, 6.07) is 12.0. The fourth-order valence-corrected chi connectivity index (χ4v) is 4.34. The van der Waals surface area contributed by atoms with Gasteiger partial charge in [-0.15, -0.1) is 0 Å². The Morgan fingerprint density at radius 1 is 1.00 bits per heavy atom. The van der Waals surface area contributed by atoms with Crippen molar-refractivity contribution in [2.24, 2.45) is 0 Å². The molecule has 1 atom stereocenters. The predicted octanol–water partition coefficient (Wildman–Crippen LogP) is 3.78. The van der Waals surface area contributed by atoms with Crippen LogP contribution in [0.15, 0.2) is 48.0 Å². The van der Waals surface area contributed by atoms with E-state index in [-0.39, 0.29) is 16.9 Å². The second-order valence-electron chi connectivity index (χ2n) is 7.91. The van der Waals surface area contributed by atoms with Crippen molar-refractivity contribution in [3.05, 3.63) is 64.7 Å². The zero-order valence-electron chi connectivity index (χ0n) is 19.9. The lowest BCUT2D eigenvalue weighted by Gasteiger charge is -2.29. The van der Waals surface area contributed by atoms with Gasteiger partial charge in [-0.05, 0) is 43.3 Å². The normalized spacial score (nSPS) is 17.6. The average Bonchev–Trinajstić information content (AvgIpc) is 3.08. The molecule has 1 heterocycles. The van der Waals surface area contributed by atoms with Gasteiger partial charge in [-0.3, -0.25) is 9.59 Å². The van der Waals surface area contributed by atoms with Crippen molar-refractivity contribution < 1.29 is 24.2 Å². The van der Waals surface area contributed by atoms with E-state index < -0.39 is 17.7 Å². The molecule has 33 heavy (non-hydrogen) atoms. The predicted molar refractivity (Wildman–Crippen MR) is 128 cm³/mol. The van der Waals surface area contributed by atoms with Crippen LogP contribution in [0.4, 0.5) is 0 Å². The van der Waals surface area contributed by atoms with Crippen molar-refractivity contribution >= 4 is 17.4 Å². The number of carbonyl (C=O) groups is 2. The van der Waals surface area contributed by atoms with Gasteiger partial charge in [-0.1, -0.05) is 44.2 Å². The minimum absolute atomic E-state index is 0.0386. The van der Waals surface area contributed by atoms with Crippen LogP contribution >= 0.6 is 0 Å². The first-order chi connectivity index (χ1) is 15.9. The number of hydrogen-bond donors (Lipinski definition) is 1. The van der Waals surface area contributed by atoms with Crippen LogP contribution < -0.4 is 9.47 Å². The van der Waals surface area contributed by atoms with Gasteiger partial charge in [0, 0.05) is 13.1 Å². The van der Waals surface area contributed by atoms with Crippen LogP contribution in [-0.2, 0) is 9.59 Å². The summed E-state index contributed by atoms with van der Waals surface area (Å²) in [4.78, 5) is 30.3. The van der Waals surface area contributed by atoms with Crippen LogP contribution in [-0.4, -0.2) is 67.0 Å². The molecule has 3 rings (SSSR count). The monoisotopic (exact) mass is 452 g/mol. The number of aliphatic hydroxyl groups is 1. The van der Waals surface area contributed by atoms with E-state index >= 15 is 0 Å². The van der Waals surface area contributed by atoms with Crippen molar-refractivity contribution in [1.29, 1.82) is 0 Å². The summed E-state index contributed by atoms with van der Waals surface area (Å²) in [6.45, 7) is 8.73. The third-order valence-corrected chi connectivity index (χ3v) is 6.24. The molecule has 7 nitrogen and oxygen atoms in total. The average molecular weight is 453 g/mol. The standard InChI is InChI=1S/C26H32N2O5/c1-6-27(7-2)15-16-28-23(18-12-9-8-11-17(18)3)22(25(30)26(28)31)24(29)21-19(32-4)13-10-14-20(21)33-5/h8-14,23,29H,6-7,15-16H2,1-5H3/b24-22+. The number of Topliss-reactive ketones (excluding diaryl/α,β-unsaturated/α-hetero) is 1. The molecule has 1 aliphatic heterocycles. The van der Waals surface area contributed by atoms with E-state index in [0.717, 1.165) is 24.2 Å². The molecular weight excluding hydrogens is 420 g/mol. The Kier molecular flexibility index (Phi) is 7.76. The summed E-state index contributed by atoms with van der Waals surface area (Å²) in [6.07, 6.45) is 0. The minimum Gasteiger partial charge on any atom is -0.506 e. The van der Waals surface area contributed by atoms with E-state index in [1.54, 1.807) is 23.1 Å². The summed E-state index contributed by atoms with van der Waals surface area (Å²) in [7, 11) is 2.96. The van der Waals surface area contributed by atoms with E-state index in [9.17, 15) is 14.7 Å². The number of aryl methyl sites for hydroxylation is 1. The van der Waals surface area contributed by atoms with Gasteiger partial charge in [-0.25, -0.2) is 0 Å². The molecule has 0 aliphatic carbocycles. The highest BCUT2D eigenvalue weighted by molar-refractivity contribution is 6.46. The number of likely N-dealkylation sites (tertiary alicyclic amines) is 1. The van der Waals surface area contributed by atoms with Crippen LogP contribution in [0.1, 0.15) is 36.6 Å². The van der Waals surface area contributed by atoms with Gasteiger partial charge in [-0.2, -0.15) is 0 Å². The number of likely N-dealkylation sites (N-methyl/N-ethyl adjacent to an activating group) is 1. The molecule has 1 unspecified atom stereocenters. The number of hydrogen-bond acceptors (Lipinski definition) is 6. The molecule has 0 saturated carbocycles. The summed E-state index contributed by atoms with van der Waals surface area (Å²) in [5.41, 5.74) is 2.02. The second-order valence-corrected chi connectivity index (χ2v) is 7.91. The fourth-order valence-electron chi connectivity index (χ4n) is 4.34. The van der Waals surface area contributed by atoms with E-state index in [1.165, 1.54) is 14.2 Å². The quantitative estimate of drug-likeness (QED) is 0.354. The van der Waals surface area contributed by atoms with Crippen LogP contribution in [0.25, 0.3) is 5.76 Å². The van der Waals surface area contributed by atoms with E-state index in [0.29, 0.717) is 24.6 Å². The highest BCUT2D eigenvalue weighted by atomic mass is 16.5. The Morgan fingerprint density at radius 2 is 1.61 bits per heavy atom. The molecule has 1 saturated heterocycles. The lowest BCUT2D eigenvalue weighted by molar-refractivity contribution is -0.140. The zero-order chi connectivity index (χ0) is 24.1. The van der Waals surface area contributed by atoms with Gasteiger partial charge in [0.15, 0.2) is 0 Å². The van der Waals surface area contributed by atoms with E-state index in [1.807, 2.05) is 31.2 Å². The molecule has 0 spiro atoms. The number of ether oxygens (including phenoxy) is 2. The number of carbonyl (C=O) groups excluding carboxylic acids is 2. The first kappa shape index (κ1) is 24.3. The molecule has 1 N–H and O–H groups in total. The number of rotatable bonds is 9. The van der Waals surface area contributed by atoms with Gasteiger partial charge in [0.2, 0.25) is 0 Å². The Hall–Kier alpha value is -3.32. The number of nitrogens with zero attached hydrogens (tertiary/aromatic N) is 2. The van der Waals surface area contributed by atoms with Crippen molar-refractivity contribution in [1.82, 2.24) is 9.80 Å². The van der Waals surface area contributed by atoms with E-state index in [4.69, 9.17) is 9.47 Å². The Balaban J connectivity index is 2.22. The van der Waals surface area contributed by atoms with Crippen LogP contribution in [0.2, 0.25) is 0 Å². The van der Waals surface area contributed by atoms with E-state index in [2.05, 4.69) is 18.7 Å². The van der Waals surface area contributed by atoms with Crippen LogP contribution in [0.5, 0.6) is 11.5 Å². The molecule has 1 amide bonds. The Labute approximate surface area is 195 Å². The molecule has 1 fully saturated rings. The summed E-state index contributed by atoms with van der Waals surface area (Å²) >= 11 is 0. The van der Waals surface area contributed by atoms with Crippen molar-refractivity contribution in [2.45, 2.75) is 26.8 Å². The number of benzene rings is 2. The highest BCUT2D eigenvalue weighted by Crippen LogP contribution is 2.43. The maximum Gasteiger partial charge on any atom is 0.295 e. The Bertz CT molecular complexity index is 1040. The molecule has 176 valence electrons. The lowest BCUT2D eigenvalue weighted by atomic mass is 9.92. The van der Waals surface area contributed by atoms with Gasteiger partial charge >= 0.3 is 0 Å². The Morgan fingerprint density at radius 3 is 2.15 bits per heavy atom. The largest absolute Gasteiger partial charge is 0.506 e. The van der Waals surface area contributed by atoms with Crippen molar-refractivity contribution in [2.75, 3.05) is 40.4 Å². The second kappa shape index (κ2) is 10.5. The SMILES string of the molecule is CCN(CC)CCN1C(=O)C(=O)/C(=C(/O)c2c(OC)cccc2OC)C1c1ccccc1C. The van der Waals surface area contributed by atoms with Crippen molar-refractivity contribution in [3.8, 4) is 11.5 Å². The fraction of sp³-hybridized carbons (Fsp3) is 0.385. The van der Waals surface area contributed by atoms with Gasteiger partial charge < -0.3 is 24.4 Å². The van der Waals surface area contributed by atoms with Crippen LogP contribution in [0, 0.1) is 6.92 Å². The summed E-state index contributed by atoms with van der Waals surface area (Å²) in [5.74, 6) is -0.935. The summed E-state index contributed by atoms with van der Waals surface area (Å²) in [5, 5.41) is 11.5. The van der Waals surface area contributed by atoms with Crippen LogP contribution in [0.3, 0.4) is 0 Å². The first-order valence-corrected chi connectivity index (χ1v) is 11.2. The molecule has 2 aromatic carbocycles. The van der Waals surface area contributed by atoms with Crippen molar-refractivity contribution in [3.63, 3.8) is 0 Å². The number of aliphatic hydroxyl groups excluding tert-OH is 1. The molecule has 0 radical (unpaired) electrons. The maximum atomic E-state index is 13.3. The molecule has 1 aliphatic rings. The molecule has 7 heteroatoms. The molecule has 2 aromatic rings. The molecular formula is C26H32N2O5. The molecule has 0 aromatic heterocycles. The van der Waals surface area contributed by atoms with Gasteiger partial charge in [0.1, 0.15) is 22.8 Å². The van der Waals surface area contributed by atoms with Gasteiger partial charge in [0.25, 0.3) is 11.7 Å². The smallest absolute Gasteiger partial charge is 0.295 e. The topological polar surface area (TPSA) is 79.3 Å². The minimum atomic E-state index is -0.715. The lowest BCUT2D eigenvalue weighted by Crippen LogP contribution is -2.38. The molecule has 0 bridgehead atoms.